The largest absolute Gasteiger partial charge is 0.178 e. The summed E-state index contributed by atoms with van der Waals surface area (Å²) in [5.74, 6) is 2.27. The minimum absolute atomic E-state index is 0.457. The van der Waals surface area contributed by atoms with E-state index >= 15 is 0 Å². The number of rotatable bonds is 3. The van der Waals surface area contributed by atoms with E-state index in [-0.39, 0.29) is 0 Å². The lowest BCUT2D eigenvalue weighted by Gasteiger charge is -2.10. The second-order valence-electron chi connectivity index (χ2n) is 2.30. The van der Waals surface area contributed by atoms with Crippen molar-refractivity contribution in [3.05, 3.63) is 0 Å². The molecule has 1 rings (SSSR count). The van der Waals surface area contributed by atoms with Crippen LogP contribution in [-0.4, -0.2) is 25.3 Å². The van der Waals surface area contributed by atoms with Gasteiger partial charge >= 0.3 is 0 Å². The maximum Gasteiger partial charge on any atom is 0.0970 e. The fourth-order valence-electron chi connectivity index (χ4n) is 0.749. The normalized spacial score (nSPS) is 34.1. The lowest BCUT2D eigenvalue weighted by molar-refractivity contribution is 1.17. The third-order valence-electron chi connectivity index (χ3n) is 1.23. The van der Waals surface area contributed by atoms with Crippen molar-refractivity contribution in [3.8, 4) is 0 Å². The number of hydrogen-bond acceptors (Lipinski definition) is 5. The van der Waals surface area contributed by atoms with Gasteiger partial charge in [-0.25, -0.2) is 0 Å². The Labute approximate surface area is 92.2 Å². The van der Waals surface area contributed by atoms with Gasteiger partial charge in [0.25, 0.3) is 0 Å². The van der Waals surface area contributed by atoms with E-state index in [9.17, 15) is 0 Å². The average Bonchev–Trinajstić information content (AvgIpc) is 2.34. The van der Waals surface area contributed by atoms with Gasteiger partial charge in [0.1, 0.15) is 0 Å². The van der Waals surface area contributed by atoms with E-state index in [1.54, 1.807) is 0 Å². The molecule has 5 heteroatoms. The first-order valence-corrected chi connectivity index (χ1v) is 7.52. The molecule has 1 saturated heterocycles. The molecule has 1 heterocycles. The van der Waals surface area contributed by atoms with Gasteiger partial charge in [-0.15, -0.1) is 35.3 Å². The van der Waals surface area contributed by atoms with Gasteiger partial charge in [0.2, 0.25) is 0 Å². The second-order valence-corrected chi connectivity index (χ2v) is 8.68. The van der Waals surface area contributed by atoms with Gasteiger partial charge in [-0.2, -0.15) is 25.3 Å². The summed E-state index contributed by atoms with van der Waals surface area (Å²) < 4.78 is 1.15. The summed E-state index contributed by atoms with van der Waals surface area (Å²) >= 11 is 14.6. The zero-order chi connectivity index (χ0) is 8.27. The van der Waals surface area contributed by atoms with E-state index in [4.69, 9.17) is 0 Å². The molecule has 0 radical (unpaired) electrons. The van der Waals surface area contributed by atoms with Crippen LogP contribution in [0.5, 0.6) is 0 Å². The molecule has 11 heavy (non-hydrogen) atoms. The lowest BCUT2D eigenvalue weighted by atomic mass is 10.6. The minimum Gasteiger partial charge on any atom is -0.178 e. The smallest absolute Gasteiger partial charge is 0.0970 e. The van der Waals surface area contributed by atoms with E-state index in [0.29, 0.717) is 8.50 Å². The van der Waals surface area contributed by atoms with Crippen molar-refractivity contribution in [3.63, 3.8) is 0 Å². The van der Waals surface area contributed by atoms with Gasteiger partial charge in [0, 0.05) is 21.3 Å². The second kappa shape index (κ2) is 5.47. The summed E-state index contributed by atoms with van der Waals surface area (Å²) in [6.07, 6.45) is 0. The highest BCUT2D eigenvalue weighted by Crippen LogP contribution is 2.46. The zero-order valence-corrected chi connectivity index (χ0v) is 10.5. The van der Waals surface area contributed by atoms with Crippen molar-refractivity contribution in [1.82, 2.24) is 0 Å². The number of thiol groups is 2. The van der Waals surface area contributed by atoms with E-state index < -0.39 is 0 Å². The third kappa shape index (κ3) is 3.98. The molecule has 1 aliphatic rings. The molecule has 0 amide bonds. The maximum absolute atomic E-state index is 4.35. The summed E-state index contributed by atoms with van der Waals surface area (Å²) in [4.78, 5) is 0. The van der Waals surface area contributed by atoms with Gasteiger partial charge in [0.05, 0.1) is 3.91 Å². The zero-order valence-electron chi connectivity index (χ0n) is 6.27. The Hall–Kier alpha value is 1.75. The molecule has 0 bridgehead atoms. The molecule has 66 valence electrons. The summed E-state index contributed by atoms with van der Waals surface area (Å²) in [5.41, 5.74) is 0. The molecule has 0 nitrogen and oxygen atoms in total. The average molecular weight is 244 g/mol. The standard InChI is InChI=1S/C6H12S5/c1-4(8)10-6-9-3-5(2-7)11-6/h4-8H,2-3H2,1H3. The molecule has 0 aromatic carbocycles. The van der Waals surface area contributed by atoms with Crippen LogP contribution in [0.2, 0.25) is 0 Å². The van der Waals surface area contributed by atoms with Crippen LogP contribution in [0.4, 0.5) is 0 Å². The van der Waals surface area contributed by atoms with Crippen LogP contribution in [0.15, 0.2) is 0 Å². The summed E-state index contributed by atoms with van der Waals surface area (Å²) in [7, 11) is 0. The molecule has 3 atom stereocenters. The SMILES string of the molecule is CC(S)SC1SCC(CS)S1. The Morgan fingerprint density at radius 2 is 2.45 bits per heavy atom. The van der Waals surface area contributed by atoms with Crippen molar-refractivity contribution in [2.45, 2.75) is 20.7 Å². The van der Waals surface area contributed by atoms with Crippen LogP contribution in [0, 0.1) is 0 Å². The van der Waals surface area contributed by atoms with Gasteiger partial charge in [0.15, 0.2) is 0 Å². The maximum atomic E-state index is 4.35. The van der Waals surface area contributed by atoms with Crippen molar-refractivity contribution >= 4 is 60.5 Å². The molecular weight excluding hydrogens is 232 g/mol. The van der Waals surface area contributed by atoms with Crippen LogP contribution >= 0.6 is 60.5 Å². The molecule has 0 N–H and O–H groups in total. The molecule has 0 spiro atoms. The topological polar surface area (TPSA) is 0 Å². The van der Waals surface area contributed by atoms with E-state index in [1.165, 1.54) is 5.75 Å². The monoisotopic (exact) mass is 244 g/mol. The summed E-state index contributed by atoms with van der Waals surface area (Å²) in [5, 5.41) is 0.757. The highest BCUT2D eigenvalue weighted by molar-refractivity contribution is 8.36. The van der Waals surface area contributed by atoms with Crippen LogP contribution < -0.4 is 0 Å². The fourth-order valence-corrected chi connectivity index (χ4v) is 7.23. The lowest BCUT2D eigenvalue weighted by Crippen LogP contribution is -2.01. The molecule has 0 aromatic rings. The van der Waals surface area contributed by atoms with E-state index in [0.717, 1.165) is 11.0 Å². The predicted octanol–water partition coefficient (Wildman–Crippen LogP) is 3.06. The van der Waals surface area contributed by atoms with Crippen molar-refractivity contribution in [1.29, 1.82) is 0 Å². The Kier molecular flexibility index (Phi) is 5.39. The molecule has 3 unspecified atom stereocenters. The summed E-state index contributed by atoms with van der Waals surface area (Å²) in [6.45, 7) is 2.13. The Morgan fingerprint density at radius 1 is 1.73 bits per heavy atom. The first-order valence-electron chi connectivity index (χ1n) is 3.44. The van der Waals surface area contributed by atoms with Crippen LogP contribution in [0.25, 0.3) is 0 Å². The van der Waals surface area contributed by atoms with Crippen molar-refractivity contribution in [2.75, 3.05) is 11.5 Å². The Balaban J connectivity index is 2.19. The van der Waals surface area contributed by atoms with E-state index in [1.807, 2.05) is 35.3 Å². The molecule has 1 fully saturated rings. The number of hydrogen-bond donors (Lipinski definition) is 2. The summed E-state index contributed by atoms with van der Waals surface area (Å²) in [6, 6.07) is 0. The van der Waals surface area contributed by atoms with Crippen molar-refractivity contribution in [2.24, 2.45) is 0 Å². The van der Waals surface area contributed by atoms with Gasteiger partial charge in [-0.1, -0.05) is 0 Å². The van der Waals surface area contributed by atoms with Crippen LogP contribution in [0.1, 0.15) is 6.92 Å². The molecule has 0 saturated carbocycles. The van der Waals surface area contributed by atoms with Gasteiger partial charge in [-0.05, 0) is 6.92 Å². The van der Waals surface area contributed by atoms with Crippen LogP contribution in [-0.2, 0) is 0 Å². The Bertz CT molecular complexity index is 116. The highest BCUT2D eigenvalue weighted by atomic mass is 32.3. The Morgan fingerprint density at radius 3 is 2.91 bits per heavy atom. The van der Waals surface area contributed by atoms with E-state index in [2.05, 4.69) is 32.2 Å². The van der Waals surface area contributed by atoms with Gasteiger partial charge in [-0.3, -0.25) is 0 Å². The first kappa shape index (κ1) is 10.8. The molecule has 0 aliphatic carbocycles. The number of thioether (sulfide) groups is 3. The first-order chi connectivity index (χ1) is 5.22. The predicted molar refractivity (Wildman–Crippen MR) is 67.5 cm³/mol. The highest BCUT2D eigenvalue weighted by Gasteiger charge is 2.25. The third-order valence-corrected chi connectivity index (χ3v) is 7.07. The van der Waals surface area contributed by atoms with Crippen LogP contribution in [0.3, 0.4) is 0 Å². The quantitative estimate of drug-likeness (QED) is 0.579. The van der Waals surface area contributed by atoms with Gasteiger partial charge < -0.3 is 0 Å². The van der Waals surface area contributed by atoms with Crippen molar-refractivity contribution < 1.29 is 0 Å². The molecular formula is C6H12S5. The molecule has 1 aliphatic heterocycles. The molecule has 0 aromatic heterocycles. The minimum atomic E-state index is 0.457. The fraction of sp³-hybridized carbons (Fsp3) is 1.00.